The van der Waals surface area contributed by atoms with E-state index >= 15 is 0 Å². The Morgan fingerprint density at radius 2 is 2.35 bits per heavy atom. The smallest absolute Gasteiger partial charge is 0.231 e. The van der Waals surface area contributed by atoms with Gasteiger partial charge in [-0.3, -0.25) is 0 Å². The van der Waals surface area contributed by atoms with Crippen LogP contribution < -0.4 is 10.2 Å². The summed E-state index contributed by atoms with van der Waals surface area (Å²) in [6, 6.07) is 4.26. The molecular weight excluding hydrogens is 326 g/mol. The second-order valence-corrected chi connectivity index (χ2v) is 6.94. The molecule has 140 valence electrons. The maximum atomic E-state index is 5.58. The Kier molecular flexibility index (Phi) is 6.34. The number of hydrogen-bond donors (Lipinski definition) is 1. The fourth-order valence-electron chi connectivity index (χ4n) is 3.48. The van der Waals surface area contributed by atoms with E-state index in [9.17, 15) is 0 Å². The molecule has 0 amide bonds. The first-order chi connectivity index (χ1) is 12.7. The molecule has 0 spiro atoms. The maximum absolute atomic E-state index is 5.58. The second kappa shape index (κ2) is 8.90. The summed E-state index contributed by atoms with van der Waals surface area (Å²) in [7, 11) is 0. The van der Waals surface area contributed by atoms with Crippen LogP contribution >= 0.6 is 0 Å². The topological polar surface area (TPSA) is 46.6 Å². The van der Waals surface area contributed by atoms with Crippen molar-refractivity contribution in [1.29, 1.82) is 0 Å². The molecule has 2 saturated heterocycles. The van der Waals surface area contributed by atoms with Crippen LogP contribution in [-0.2, 0) is 16.0 Å². The Morgan fingerprint density at radius 3 is 3.12 bits per heavy atom. The second-order valence-electron chi connectivity index (χ2n) is 6.94. The number of anilines is 1. The summed E-state index contributed by atoms with van der Waals surface area (Å²) in [5.41, 5.74) is 2.24. The Labute approximate surface area is 156 Å². The standard InChI is InChI=1S/C21H29N3O2/c1-4-18(21-19(5-2)25-15-26-21)13-22-12-17-8-9-23-20(11-17)24-10-6-7-16(3)14-24/h4-5,8-9,11,16,22H,1,6-7,10,12-15H2,2-3H3/b19-5+,21-18-. The minimum atomic E-state index is 0.272. The fourth-order valence-corrected chi connectivity index (χ4v) is 3.48. The van der Waals surface area contributed by atoms with Gasteiger partial charge in [-0.1, -0.05) is 19.6 Å². The first-order valence-corrected chi connectivity index (χ1v) is 9.39. The molecule has 2 aliphatic heterocycles. The Hall–Kier alpha value is -2.27. The Balaban J connectivity index is 1.60. The van der Waals surface area contributed by atoms with Gasteiger partial charge in [-0.2, -0.15) is 0 Å². The minimum Gasteiger partial charge on any atom is -0.454 e. The molecule has 1 aromatic rings. The predicted octanol–water partition coefficient (Wildman–Crippen LogP) is 3.76. The zero-order valence-corrected chi connectivity index (χ0v) is 15.8. The Morgan fingerprint density at radius 1 is 1.46 bits per heavy atom. The molecule has 1 unspecified atom stereocenters. The van der Waals surface area contributed by atoms with E-state index in [0.717, 1.165) is 48.5 Å². The first-order valence-electron chi connectivity index (χ1n) is 9.39. The van der Waals surface area contributed by atoms with Crippen LogP contribution in [0.5, 0.6) is 0 Å². The van der Waals surface area contributed by atoms with Crippen LogP contribution in [0.25, 0.3) is 0 Å². The summed E-state index contributed by atoms with van der Waals surface area (Å²) in [5, 5.41) is 3.47. The molecule has 5 nitrogen and oxygen atoms in total. The number of pyridine rings is 1. The zero-order valence-electron chi connectivity index (χ0n) is 15.8. The van der Waals surface area contributed by atoms with Crippen molar-refractivity contribution in [2.24, 2.45) is 5.92 Å². The molecule has 3 heterocycles. The average Bonchev–Trinajstić information content (AvgIpc) is 3.14. The third kappa shape index (κ3) is 4.47. The van der Waals surface area contributed by atoms with E-state index in [1.165, 1.54) is 18.4 Å². The molecule has 1 N–H and O–H groups in total. The van der Waals surface area contributed by atoms with E-state index in [1.54, 1.807) is 0 Å². The van der Waals surface area contributed by atoms with E-state index in [0.29, 0.717) is 6.54 Å². The van der Waals surface area contributed by atoms with Crippen LogP contribution in [0.15, 0.2) is 54.2 Å². The molecule has 26 heavy (non-hydrogen) atoms. The van der Waals surface area contributed by atoms with E-state index in [2.05, 4.69) is 40.8 Å². The largest absolute Gasteiger partial charge is 0.454 e. The van der Waals surface area contributed by atoms with Gasteiger partial charge in [-0.15, -0.1) is 0 Å². The van der Waals surface area contributed by atoms with Crippen LogP contribution in [0.4, 0.5) is 5.82 Å². The summed E-state index contributed by atoms with van der Waals surface area (Å²) in [6.45, 7) is 12.1. The number of nitrogens with one attached hydrogen (secondary N) is 1. The molecule has 0 aromatic carbocycles. The van der Waals surface area contributed by atoms with E-state index in [4.69, 9.17) is 9.47 Å². The van der Waals surface area contributed by atoms with Crippen molar-refractivity contribution in [1.82, 2.24) is 10.3 Å². The molecule has 2 fully saturated rings. The van der Waals surface area contributed by atoms with Crippen LogP contribution in [-0.4, -0.2) is 31.4 Å². The van der Waals surface area contributed by atoms with Crippen molar-refractivity contribution in [2.45, 2.75) is 33.2 Å². The molecule has 1 aromatic heterocycles. The van der Waals surface area contributed by atoms with Crippen molar-refractivity contribution in [3.63, 3.8) is 0 Å². The minimum absolute atomic E-state index is 0.272. The van der Waals surface area contributed by atoms with Gasteiger partial charge >= 0.3 is 0 Å². The lowest BCUT2D eigenvalue weighted by Crippen LogP contribution is -2.34. The van der Waals surface area contributed by atoms with Crippen molar-refractivity contribution < 1.29 is 9.47 Å². The number of rotatable bonds is 6. The van der Waals surface area contributed by atoms with E-state index < -0.39 is 0 Å². The Bertz CT molecular complexity index is 696. The van der Waals surface area contributed by atoms with Crippen LogP contribution in [0, 0.1) is 5.92 Å². The summed E-state index contributed by atoms with van der Waals surface area (Å²) < 4.78 is 11.0. The molecule has 1 atom stereocenters. The number of allylic oxidation sites excluding steroid dienone is 1. The quantitative estimate of drug-likeness (QED) is 0.842. The molecule has 0 bridgehead atoms. The SMILES string of the molecule is C=C/C(CNCc1ccnc(N2CCCC(C)C2)c1)=C1/OCO/C1=C/C. The van der Waals surface area contributed by atoms with Crippen molar-refractivity contribution >= 4 is 5.82 Å². The fraction of sp³-hybridized carbons (Fsp3) is 0.476. The summed E-state index contributed by atoms with van der Waals surface area (Å²) in [6.07, 6.45) is 8.21. The van der Waals surface area contributed by atoms with Gasteiger partial charge in [0, 0.05) is 37.9 Å². The third-order valence-electron chi connectivity index (χ3n) is 4.88. The predicted molar refractivity (Wildman–Crippen MR) is 105 cm³/mol. The third-order valence-corrected chi connectivity index (χ3v) is 4.88. The zero-order chi connectivity index (χ0) is 18.4. The van der Waals surface area contributed by atoms with Gasteiger partial charge in [0.1, 0.15) is 5.82 Å². The molecule has 3 rings (SSSR count). The highest BCUT2D eigenvalue weighted by molar-refractivity contribution is 5.41. The number of hydrogen-bond acceptors (Lipinski definition) is 5. The van der Waals surface area contributed by atoms with Gasteiger partial charge in [-0.05, 0) is 49.5 Å². The van der Waals surface area contributed by atoms with Gasteiger partial charge in [-0.25, -0.2) is 4.98 Å². The molecule has 0 saturated carbocycles. The summed E-state index contributed by atoms with van der Waals surface area (Å²) >= 11 is 0. The van der Waals surface area contributed by atoms with E-state index in [1.807, 2.05) is 25.3 Å². The molecule has 0 radical (unpaired) electrons. The number of ether oxygens (including phenoxy) is 2. The van der Waals surface area contributed by atoms with Gasteiger partial charge < -0.3 is 19.7 Å². The van der Waals surface area contributed by atoms with Gasteiger partial charge in [0.15, 0.2) is 11.5 Å². The van der Waals surface area contributed by atoms with Crippen molar-refractivity contribution in [3.05, 3.63) is 59.7 Å². The monoisotopic (exact) mass is 355 g/mol. The lowest BCUT2D eigenvalue weighted by molar-refractivity contribution is 0.0969. The highest BCUT2D eigenvalue weighted by Crippen LogP contribution is 2.25. The van der Waals surface area contributed by atoms with Crippen LogP contribution in [0.1, 0.15) is 32.3 Å². The summed E-state index contributed by atoms with van der Waals surface area (Å²) in [5.74, 6) is 3.39. The maximum Gasteiger partial charge on any atom is 0.231 e. The number of aromatic nitrogens is 1. The normalized spacial score (nSPS) is 23.5. The molecule has 0 aliphatic carbocycles. The molecule has 5 heteroatoms. The first kappa shape index (κ1) is 18.5. The van der Waals surface area contributed by atoms with Crippen LogP contribution in [0.2, 0.25) is 0 Å². The number of piperidine rings is 1. The summed E-state index contributed by atoms with van der Waals surface area (Å²) in [4.78, 5) is 6.97. The van der Waals surface area contributed by atoms with Crippen molar-refractivity contribution in [3.8, 4) is 0 Å². The lowest BCUT2D eigenvalue weighted by Gasteiger charge is -2.32. The van der Waals surface area contributed by atoms with Gasteiger partial charge in [0.2, 0.25) is 6.79 Å². The number of nitrogens with zero attached hydrogens (tertiary/aromatic N) is 2. The van der Waals surface area contributed by atoms with Gasteiger partial charge in [0.25, 0.3) is 0 Å². The lowest BCUT2D eigenvalue weighted by atomic mass is 10.0. The van der Waals surface area contributed by atoms with Crippen LogP contribution in [0.3, 0.4) is 0 Å². The molecular formula is C21H29N3O2. The molecule has 2 aliphatic rings. The highest BCUT2D eigenvalue weighted by Gasteiger charge is 2.19. The van der Waals surface area contributed by atoms with Crippen molar-refractivity contribution in [2.75, 3.05) is 31.3 Å². The van der Waals surface area contributed by atoms with Gasteiger partial charge in [0.05, 0.1) is 0 Å². The highest BCUT2D eigenvalue weighted by atomic mass is 16.7. The average molecular weight is 355 g/mol. The van der Waals surface area contributed by atoms with E-state index in [-0.39, 0.29) is 6.79 Å².